The zero-order valence-electron chi connectivity index (χ0n) is 11.5. The third-order valence-electron chi connectivity index (χ3n) is 3.05. The van der Waals surface area contributed by atoms with Crippen molar-refractivity contribution in [3.63, 3.8) is 0 Å². The van der Waals surface area contributed by atoms with E-state index < -0.39 is 23.3 Å². The van der Waals surface area contributed by atoms with E-state index in [9.17, 15) is 19.3 Å². The lowest BCUT2D eigenvalue weighted by Crippen LogP contribution is -2.23. The maximum absolute atomic E-state index is 13.2. The molecule has 0 fully saturated rings. The largest absolute Gasteiger partial charge is 0.392 e. The van der Waals surface area contributed by atoms with Crippen molar-refractivity contribution in [2.75, 3.05) is 0 Å². The minimum absolute atomic E-state index is 0.120. The van der Waals surface area contributed by atoms with Gasteiger partial charge in [0.1, 0.15) is 5.82 Å². The van der Waals surface area contributed by atoms with Gasteiger partial charge in [-0.05, 0) is 23.8 Å². The van der Waals surface area contributed by atoms with E-state index in [2.05, 4.69) is 5.32 Å². The average molecular weight is 304 g/mol. The first-order valence-corrected chi connectivity index (χ1v) is 6.42. The number of nitrogens with zero attached hydrogens (tertiary/aromatic N) is 1. The molecule has 0 aliphatic carbocycles. The second-order valence-electron chi connectivity index (χ2n) is 4.57. The molecule has 2 N–H and O–H groups in total. The van der Waals surface area contributed by atoms with Crippen molar-refractivity contribution < 1.29 is 19.2 Å². The van der Waals surface area contributed by atoms with Gasteiger partial charge in [0.25, 0.3) is 11.6 Å². The maximum atomic E-state index is 13.2. The third-order valence-corrected chi connectivity index (χ3v) is 3.05. The molecule has 7 heteroatoms. The van der Waals surface area contributed by atoms with E-state index in [1.807, 2.05) is 0 Å². The van der Waals surface area contributed by atoms with E-state index in [1.54, 1.807) is 0 Å². The zero-order chi connectivity index (χ0) is 16.1. The molecule has 2 aromatic carbocycles. The Morgan fingerprint density at radius 2 is 2.05 bits per heavy atom. The number of aliphatic hydroxyl groups is 1. The second kappa shape index (κ2) is 6.77. The smallest absolute Gasteiger partial charge is 0.270 e. The summed E-state index contributed by atoms with van der Waals surface area (Å²) in [6, 6.07) is 9.51. The number of hydrogen-bond donors (Lipinski definition) is 2. The zero-order valence-corrected chi connectivity index (χ0v) is 11.5. The van der Waals surface area contributed by atoms with E-state index in [-0.39, 0.29) is 23.4 Å². The molecule has 0 spiro atoms. The van der Waals surface area contributed by atoms with Crippen LogP contribution in [-0.2, 0) is 13.2 Å². The summed E-state index contributed by atoms with van der Waals surface area (Å²) in [5, 5.41) is 22.2. The molecule has 114 valence electrons. The van der Waals surface area contributed by atoms with Gasteiger partial charge in [-0.25, -0.2) is 4.39 Å². The van der Waals surface area contributed by atoms with Crippen LogP contribution in [0.5, 0.6) is 0 Å². The van der Waals surface area contributed by atoms with Crippen LogP contribution >= 0.6 is 0 Å². The Morgan fingerprint density at radius 1 is 1.27 bits per heavy atom. The predicted molar refractivity (Wildman–Crippen MR) is 76.6 cm³/mol. The monoisotopic (exact) mass is 304 g/mol. The van der Waals surface area contributed by atoms with Crippen LogP contribution in [0.15, 0.2) is 42.5 Å². The molecular formula is C15H13FN2O4. The summed E-state index contributed by atoms with van der Waals surface area (Å²) in [6.07, 6.45) is 0. The minimum atomic E-state index is -0.579. The molecule has 0 bridgehead atoms. The number of carbonyl (C=O) groups is 1. The van der Waals surface area contributed by atoms with Crippen molar-refractivity contribution >= 4 is 11.6 Å². The lowest BCUT2D eigenvalue weighted by Gasteiger charge is -2.07. The lowest BCUT2D eigenvalue weighted by atomic mass is 10.1. The molecule has 22 heavy (non-hydrogen) atoms. The number of nitro benzene ring substituents is 1. The fraction of sp³-hybridized carbons (Fsp3) is 0.133. The molecule has 0 aromatic heterocycles. The summed E-state index contributed by atoms with van der Waals surface area (Å²) >= 11 is 0. The highest BCUT2D eigenvalue weighted by Crippen LogP contribution is 2.14. The molecule has 0 aliphatic rings. The Hall–Kier alpha value is -2.80. The molecule has 2 rings (SSSR count). The summed E-state index contributed by atoms with van der Waals surface area (Å²) in [5.41, 5.74) is 0.752. The summed E-state index contributed by atoms with van der Waals surface area (Å²) < 4.78 is 13.2. The number of amides is 1. The molecular weight excluding hydrogens is 291 g/mol. The fourth-order valence-electron chi connectivity index (χ4n) is 1.90. The van der Waals surface area contributed by atoms with Gasteiger partial charge in [-0.1, -0.05) is 12.1 Å². The summed E-state index contributed by atoms with van der Waals surface area (Å²) in [4.78, 5) is 22.1. The van der Waals surface area contributed by atoms with Crippen molar-refractivity contribution in [2.24, 2.45) is 0 Å². The van der Waals surface area contributed by atoms with Crippen LogP contribution < -0.4 is 5.32 Å². The van der Waals surface area contributed by atoms with Crippen molar-refractivity contribution in [1.82, 2.24) is 5.32 Å². The van der Waals surface area contributed by atoms with Gasteiger partial charge in [-0.3, -0.25) is 14.9 Å². The van der Waals surface area contributed by atoms with Crippen LogP contribution in [0.2, 0.25) is 0 Å². The van der Waals surface area contributed by atoms with Gasteiger partial charge in [-0.2, -0.15) is 0 Å². The van der Waals surface area contributed by atoms with Crippen molar-refractivity contribution in [3.8, 4) is 0 Å². The summed E-state index contributed by atoms with van der Waals surface area (Å²) in [7, 11) is 0. The predicted octanol–water partition coefficient (Wildman–Crippen LogP) is 2.16. The number of non-ortho nitro benzene ring substituents is 1. The van der Waals surface area contributed by atoms with E-state index in [0.717, 1.165) is 0 Å². The van der Waals surface area contributed by atoms with Gasteiger partial charge in [0.05, 0.1) is 11.5 Å². The van der Waals surface area contributed by atoms with E-state index in [0.29, 0.717) is 5.56 Å². The highest BCUT2D eigenvalue weighted by atomic mass is 19.1. The topological polar surface area (TPSA) is 92.5 Å². The van der Waals surface area contributed by atoms with Crippen LogP contribution in [0.3, 0.4) is 0 Å². The van der Waals surface area contributed by atoms with Gasteiger partial charge in [0, 0.05) is 29.8 Å². The van der Waals surface area contributed by atoms with Crippen LogP contribution in [-0.4, -0.2) is 15.9 Å². The van der Waals surface area contributed by atoms with E-state index in [1.165, 1.54) is 42.5 Å². The molecule has 6 nitrogen and oxygen atoms in total. The molecule has 0 aliphatic heterocycles. The maximum Gasteiger partial charge on any atom is 0.270 e. The number of carbonyl (C=O) groups excluding carboxylic acids is 1. The first kappa shape index (κ1) is 15.6. The highest BCUT2D eigenvalue weighted by Gasteiger charge is 2.11. The van der Waals surface area contributed by atoms with Crippen molar-refractivity contribution in [2.45, 2.75) is 13.2 Å². The molecule has 0 atom stereocenters. The van der Waals surface area contributed by atoms with Gasteiger partial charge in [-0.15, -0.1) is 0 Å². The number of rotatable bonds is 5. The van der Waals surface area contributed by atoms with Gasteiger partial charge >= 0.3 is 0 Å². The standard InChI is InChI=1S/C15H13FN2O4/c16-14-5-4-10(6-12(14)9-19)8-17-15(20)11-2-1-3-13(7-11)18(21)22/h1-7,19H,8-9H2,(H,17,20). The van der Waals surface area contributed by atoms with Crippen LogP contribution in [0.1, 0.15) is 21.5 Å². The Kier molecular flexibility index (Phi) is 4.80. The normalized spacial score (nSPS) is 10.3. The van der Waals surface area contributed by atoms with Gasteiger partial charge < -0.3 is 10.4 Å². The number of hydrogen-bond acceptors (Lipinski definition) is 4. The Balaban J connectivity index is 2.07. The lowest BCUT2D eigenvalue weighted by molar-refractivity contribution is -0.384. The number of nitrogens with one attached hydrogen (secondary N) is 1. The van der Waals surface area contributed by atoms with E-state index in [4.69, 9.17) is 5.11 Å². The third kappa shape index (κ3) is 3.64. The highest BCUT2D eigenvalue weighted by molar-refractivity contribution is 5.94. The Labute approximate surface area is 125 Å². The Bertz CT molecular complexity index is 718. The van der Waals surface area contributed by atoms with Crippen LogP contribution in [0.25, 0.3) is 0 Å². The first-order chi connectivity index (χ1) is 10.5. The molecule has 0 unspecified atom stereocenters. The fourth-order valence-corrected chi connectivity index (χ4v) is 1.90. The molecule has 0 heterocycles. The number of nitro groups is 1. The molecule has 0 saturated heterocycles. The second-order valence-corrected chi connectivity index (χ2v) is 4.57. The minimum Gasteiger partial charge on any atom is -0.392 e. The molecule has 1 amide bonds. The number of halogens is 1. The van der Waals surface area contributed by atoms with Crippen LogP contribution in [0, 0.1) is 15.9 Å². The van der Waals surface area contributed by atoms with Gasteiger partial charge in [0.15, 0.2) is 0 Å². The Morgan fingerprint density at radius 3 is 2.73 bits per heavy atom. The quantitative estimate of drug-likeness (QED) is 0.654. The average Bonchev–Trinajstić information content (AvgIpc) is 2.53. The number of benzene rings is 2. The van der Waals surface area contributed by atoms with Crippen molar-refractivity contribution in [3.05, 3.63) is 75.1 Å². The molecule has 0 radical (unpaired) electrons. The van der Waals surface area contributed by atoms with Crippen LogP contribution in [0.4, 0.5) is 10.1 Å². The first-order valence-electron chi connectivity index (χ1n) is 6.42. The van der Waals surface area contributed by atoms with E-state index >= 15 is 0 Å². The SMILES string of the molecule is O=C(NCc1ccc(F)c(CO)c1)c1cccc([N+](=O)[O-])c1. The summed E-state index contributed by atoms with van der Waals surface area (Å²) in [6.45, 7) is -0.312. The number of aliphatic hydroxyl groups excluding tert-OH is 1. The molecule has 0 saturated carbocycles. The summed E-state index contributed by atoms with van der Waals surface area (Å²) in [5.74, 6) is -0.991. The van der Waals surface area contributed by atoms with Gasteiger partial charge in [0.2, 0.25) is 0 Å². The molecule has 2 aromatic rings. The van der Waals surface area contributed by atoms with Crippen molar-refractivity contribution in [1.29, 1.82) is 0 Å².